The summed E-state index contributed by atoms with van der Waals surface area (Å²) in [5.41, 5.74) is 6.99. The Bertz CT molecular complexity index is 1310. The van der Waals surface area contributed by atoms with Gasteiger partial charge < -0.3 is 20.5 Å². The minimum atomic E-state index is -1.15. The van der Waals surface area contributed by atoms with Crippen molar-refractivity contribution < 1.29 is 28.7 Å². The number of rotatable bonds is 6. The van der Waals surface area contributed by atoms with Crippen LogP contribution in [0.3, 0.4) is 0 Å². The van der Waals surface area contributed by atoms with E-state index in [-0.39, 0.29) is 39.3 Å². The SMILES string of the molecule is CCOc1ccc(NC(=O)C(C)OC(=O)c2ccc3c(c2N)C(=O)c2ccccc2C3=O)cc1. The van der Waals surface area contributed by atoms with Gasteiger partial charge in [0.1, 0.15) is 5.75 Å². The van der Waals surface area contributed by atoms with Crippen LogP contribution in [-0.4, -0.2) is 36.2 Å². The van der Waals surface area contributed by atoms with Crippen LogP contribution >= 0.6 is 0 Å². The minimum absolute atomic E-state index is 0.0374. The molecule has 0 aliphatic heterocycles. The van der Waals surface area contributed by atoms with Crippen LogP contribution in [0.2, 0.25) is 0 Å². The second-order valence-electron chi connectivity index (χ2n) is 7.65. The lowest BCUT2D eigenvalue weighted by atomic mass is 9.82. The number of ether oxygens (including phenoxy) is 2. The molecule has 0 saturated carbocycles. The van der Waals surface area contributed by atoms with Gasteiger partial charge in [0, 0.05) is 22.4 Å². The molecule has 0 fully saturated rings. The highest BCUT2D eigenvalue weighted by Crippen LogP contribution is 2.33. The molecular formula is C26H22N2O6. The molecule has 1 aliphatic carbocycles. The van der Waals surface area contributed by atoms with Gasteiger partial charge in [-0.25, -0.2) is 4.79 Å². The van der Waals surface area contributed by atoms with E-state index >= 15 is 0 Å². The number of nitrogen functional groups attached to an aromatic ring is 1. The monoisotopic (exact) mass is 458 g/mol. The van der Waals surface area contributed by atoms with E-state index in [1.54, 1.807) is 42.5 Å². The van der Waals surface area contributed by atoms with Crippen LogP contribution in [0.25, 0.3) is 0 Å². The molecule has 0 saturated heterocycles. The third-order valence-corrected chi connectivity index (χ3v) is 5.44. The number of benzene rings is 3. The van der Waals surface area contributed by atoms with E-state index in [0.29, 0.717) is 18.0 Å². The summed E-state index contributed by atoms with van der Waals surface area (Å²) in [6, 6.07) is 15.9. The van der Waals surface area contributed by atoms with Crippen molar-refractivity contribution in [3.8, 4) is 5.75 Å². The normalized spacial score (nSPS) is 12.9. The van der Waals surface area contributed by atoms with Crippen LogP contribution in [0.5, 0.6) is 5.75 Å². The number of carbonyl (C=O) groups is 4. The number of hydrogen-bond acceptors (Lipinski definition) is 7. The average molecular weight is 458 g/mol. The molecule has 34 heavy (non-hydrogen) atoms. The number of carbonyl (C=O) groups excluding carboxylic acids is 4. The number of fused-ring (bicyclic) bond motifs is 2. The van der Waals surface area contributed by atoms with Crippen molar-refractivity contribution in [2.24, 2.45) is 0 Å². The van der Waals surface area contributed by atoms with Gasteiger partial charge in [-0.1, -0.05) is 24.3 Å². The van der Waals surface area contributed by atoms with Gasteiger partial charge in [0.05, 0.1) is 23.4 Å². The lowest BCUT2D eigenvalue weighted by Crippen LogP contribution is -2.30. The Labute approximate surface area is 195 Å². The predicted molar refractivity (Wildman–Crippen MR) is 125 cm³/mol. The molecule has 8 heteroatoms. The topological polar surface area (TPSA) is 125 Å². The van der Waals surface area contributed by atoms with Crippen molar-refractivity contribution >= 4 is 34.8 Å². The zero-order chi connectivity index (χ0) is 24.4. The van der Waals surface area contributed by atoms with E-state index in [2.05, 4.69) is 5.32 Å². The highest BCUT2D eigenvalue weighted by atomic mass is 16.5. The van der Waals surface area contributed by atoms with Gasteiger partial charge in [-0.05, 0) is 50.2 Å². The lowest BCUT2D eigenvalue weighted by Gasteiger charge is -2.20. The van der Waals surface area contributed by atoms with Crippen LogP contribution < -0.4 is 15.8 Å². The third-order valence-electron chi connectivity index (χ3n) is 5.44. The van der Waals surface area contributed by atoms with Crippen molar-refractivity contribution in [2.45, 2.75) is 20.0 Å². The number of amides is 1. The largest absolute Gasteiger partial charge is 0.494 e. The van der Waals surface area contributed by atoms with Gasteiger partial charge in [0.15, 0.2) is 17.7 Å². The standard InChI is InChI=1S/C26H22N2O6/c1-3-33-16-10-8-15(9-11-16)28-25(31)14(2)34-26(32)20-13-12-19-21(22(20)27)24(30)18-7-5-4-6-17(18)23(19)29/h4-14H,3,27H2,1-2H3,(H,28,31). The van der Waals surface area contributed by atoms with Crippen LogP contribution in [0.4, 0.5) is 11.4 Å². The number of esters is 1. The molecule has 3 N–H and O–H groups in total. The fourth-order valence-electron chi connectivity index (χ4n) is 3.71. The number of hydrogen-bond donors (Lipinski definition) is 2. The zero-order valence-corrected chi connectivity index (χ0v) is 18.6. The molecule has 0 bridgehead atoms. The summed E-state index contributed by atoms with van der Waals surface area (Å²) in [4.78, 5) is 51.1. The first-order valence-electron chi connectivity index (χ1n) is 10.7. The molecular weight excluding hydrogens is 436 g/mol. The Morgan fingerprint density at radius 3 is 2.21 bits per heavy atom. The van der Waals surface area contributed by atoms with Gasteiger partial charge in [0.25, 0.3) is 5.91 Å². The number of ketones is 2. The summed E-state index contributed by atoms with van der Waals surface area (Å²) in [5.74, 6) is -1.56. The highest BCUT2D eigenvalue weighted by molar-refractivity contribution is 6.30. The second-order valence-corrected chi connectivity index (χ2v) is 7.65. The maximum atomic E-state index is 13.0. The predicted octanol–water partition coefficient (Wildman–Crippen LogP) is 3.63. The Morgan fingerprint density at radius 2 is 1.56 bits per heavy atom. The van der Waals surface area contributed by atoms with Crippen LogP contribution in [0.15, 0.2) is 60.7 Å². The van der Waals surface area contributed by atoms with E-state index in [4.69, 9.17) is 15.2 Å². The summed E-state index contributed by atoms with van der Waals surface area (Å²) in [5, 5.41) is 2.65. The third kappa shape index (κ3) is 4.13. The van der Waals surface area contributed by atoms with Gasteiger partial charge in [-0.15, -0.1) is 0 Å². The van der Waals surface area contributed by atoms with Crippen LogP contribution in [0, 0.1) is 0 Å². The molecule has 8 nitrogen and oxygen atoms in total. The van der Waals surface area contributed by atoms with Crippen LogP contribution in [0.1, 0.15) is 56.0 Å². The fourth-order valence-corrected chi connectivity index (χ4v) is 3.71. The Balaban J connectivity index is 1.51. The number of nitrogens with one attached hydrogen (secondary N) is 1. The molecule has 4 rings (SSSR count). The summed E-state index contributed by atoms with van der Waals surface area (Å²) in [6.45, 7) is 3.81. The quantitative estimate of drug-likeness (QED) is 0.334. The van der Waals surface area contributed by atoms with Crippen LogP contribution in [-0.2, 0) is 9.53 Å². The number of nitrogens with two attached hydrogens (primary N) is 1. The molecule has 1 amide bonds. The highest BCUT2D eigenvalue weighted by Gasteiger charge is 2.33. The van der Waals surface area contributed by atoms with Gasteiger partial charge in [-0.2, -0.15) is 0 Å². The molecule has 3 aromatic rings. The molecule has 0 radical (unpaired) electrons. The molecule has 0 heterocycles. The number of anilines is 2. The van der Waals surface area contributed by atoms with E-state index in [1.807, 2.05) is 6.92 Å². The zero-order valence-electron chi connectivity index (χ0n) is 18.6. The Hall–Kier alpha value is -4.46. The Morgan fingerprint density at radius 1 is 0.912 bits per heavy atom. The summed E-state index contributed by atoms with van der Waals surface area (Å²) < 4.78 is 10.6. The van der Waals surface area contributed by atoms with E-state index in [9.17, 15) is 19.2 Å². The average Bonchev–Trinajstić information content (AvgIpc) is 2.83. The molecule has 1 unspecified atom stereocenters. The van der Waals surface area contributed by atoms with Crippen molar-refractivity contribution in [1.29, 1.82) is 0 Å². The van der Waals surface area contributed by atoms with E-state index < -0.39 is 23.8 Å². The van der Waals surface area contributed by atoms with E-state index in [0.717, 1.165) is 0 Å². The van der Waals surface area contributed by atoms with Crippen molar-refractivity contribution in [3.05, 3.63) is 88.5 Å². The lowest BCUT2D eigenvalue weighted by molar-refractivity contribution is -0.123. The summed E-state index contributed by atoms with van der Waals surface area (Å²) >= 11 is 0. The molecule has 0 aromatic heterocycles. The molecule has 3 aromatic carbocycles. The smallest absolute Gasteiger partial charge is 0.341 e. The summed E-state index contributed by atoms with van der Waals surface area (Å²) in [6.07, 6.45) is -1.15. The molecule has 1 atom stereocenters. The first-order chi connectivity index (χ1) is 16.3. The first-order valence-corrected chi connectivity index (χ1v) is 10.7. The van der Waals surface area contributed by atoms with Gasteiger partial charge in [0.2, 0.25) is 0 Å². The van der Waals surface area contributed by atoms with Crippen molar-refractivity contribution in [2.75, 3.05) is 17.7 Å². The summed E-state index contributed by atoms with van der Waals surface area (Å²) in [7, 11) is 0. The minimum Gasteiger partial charge on any atom is -0.494 e. The molecule has 0 spiro atoms. The van der Waals surface area contributed by atoms with Gasteiger partial charge in [-0.3, -0.25) is 14.4 Å². The fraction of sp³-hybridized carbons (Fsp3) is 0.154. The maximum absolute atomic E-state index is 13.0. The Kier molecular flexibility index (Phi) is 6.14. The molecule has 172 valence electrons. The van der Waals surface area contributed by atoms with Crippen molar-refractivity contribution in [1.82, 2.24) is 0 Å². The first kappa shape index (κ1) is 22.7. The van der Waals surface area contributed by atoms with E-state index in [1.165, 1.54) is 25.1 Å². The maximum Gasteiger partial charge on any atom is 0.341 e. The van der Waals surface area contributed by atoms with Crippen molar-refractivity contribution in [3.63, 3.8) is 0 Å². The molecule has 1 aliphatic rings. The second kappa shape index (κ2) is 9.19. The van der Waals surface area contributed by atoms with Gasteiger partial charge >= 0.3 is 5.97 Å².